The fraction of sp³-hybridized carbons (Fsp3) is 0.133. The molecular weight excluding hydrogens is 258 g/mol. The highest BCUT2D eigenvalue weighted by Gasteiger charge is 2.05. The molecule has 0 unspecified atom stereocenters. The maximum absolute atomic E-state index is 6.15. The molecule has 0 saturated carbocycles. The van der Waals surface area contributed by atoms with Crippen LogP contribution in [0.15, 0.2) is 48.9 Å². The highest BCUT2D eigenvalue weighted by molar-refractivity contribution is 6.31. The van der Waals surface area contributed by atoms with Gasteiger partial charge < -0.3 is 10.3 Å². The third kappa shape index (κ3) is 2.35. The molecule has 0 aliphatic carbocycles. The third-order valence-corrected chi connectivity index (χ3v) is 3.61. The van der Waals surface area contributed by atoms with E-state index in [0.29, 0.717) is 11.6 Å². The Hall–Kier alpha value is -1.84. The number of nitrogens with two attached hydrogens (primary N) is 1. The Morgan fingerprint density at radius 1 is 1.21 bits per heavy atom. The smallest absolute Gasteiger partial charge is 0.0639 e. The van der Waals surface area contributed by atoms with E-state index in [-0.39, 0.29) is 0 Å². The van der Waals surface area contributed by atoms with Crippen LogP contribution in [-0.4, -0.2) is 9.55 Å². The molecule has 0 aliphatic rings. The molecular formula is C15H14ClN3. The van der Waals surface area contributed by atoms with Crippen LogP contribution >= 0.6 is 11.6 Å². The Balaban J connectivity index is 2.00. The highest BCUT2D eigenvalue weighted by Crippen LogP contribution is 2.21. The van der Waals surface area contributed by atoms with Gasteiger partial charge in [-0.25, -0.2) is 0 Å². The lowest BCUT2D eigenvalue weighted by Gasteiger charge is -2.07. The molecule has 0 amide bonds. The molecule has 3 aromatic rings. The number of pyridine rings is 1. The summed E-state index contributed by atoms with van der Waals surface area (Å²) in [5, 5.41) is 1.90. The Kier molecular flexibility index (Phi) is 3.23. The summed E-state index contributed by atoms with van der Waals surface area (Å²) < 4.78 is 2.18. The Bertz CT molecular complexity index is 718. The van der Waals surface area contributed by atoms with Gasteiger partial charge in [-0.3, -0.25) is 4.98 Å². The van der Waals surface area contributed by atoms with Gasteiger partial charge in [0, 0.05) is 37.2 Å². The zero-order chi connectivity index (χ0) is 13.2. The molecule has 0 atom stereocenters. The molecule has 0 saturated heterocycles. The zero-order valence-corrected chi connectivity index (χ0v) is 11.1. The van der Waals surface area contributed by atoms with Gasteiger partial charge >= 0.3 is 0 Å². The monoisotopic (exact) mass is 271 g/mol. The molecule has 4 heteroatoms. The molecule has 96 valence electrons. The first-order chi connectivity index (χ1) is 9.28. The van der Waals surface area contributed by atoms with Crippen molar-refractivity contribution in [3.63, 3.8) is 0 Å². The second kappa shape index (κ2) is 5.03. The minimum Gasteiger partial charge on any atom is -0.343 e. The topological polar surface area (TPSA) is 43.8 Å². The van der Waals surface area contributed by atoms with E-state index in [2.05, 4.69) is 40.0 Å². The van der Waals surface area contributed by atoms with Crippen molar-refractivity contribution in [2.75, 3.05) is 0 Å². The van der Waals surface area contributed by atoms with Crippen molar-refractivity contribution >= 4 is 22.5 Å². The van der Waals surface area contributed by atoms with Crippen LogP contribution in [0, 0.1) is 0 Å². The summed E-state index contributed by atoms with van der Waals surface area (Å²) in [6.45, 7) is 1.31. The van der Waals surface area contributed by atoms with Crippen molar-refractivity contribution < 1.29 is 0 Å². The van der Waals surface area contributed by atoms with Gasteiger partial charge in [-0.05, 0) is 40.8 Å². The molecule has 0 bridgehead atoms. The predicted octanol–water partition coefficient (Wildman–Crippen LogP) is 3.20. The van der Waals surface area contributed by atoms with Crippen LogP contribution in [-0.2, 0) is 13.1 Å². The van der Waals surface area contributed by atoms with Crippen LogP contribution in [0.3, 0.4) is 0 Å². The number of hydrogen-bond acceptors (Lipinski definition) is 2. The lowest BCUT2D eigenvalue weighted by atomic mass is 10.1. The maximum atomic E-state index is 6.15. The van der Waals surface area contributed by atoms with Crippen molar-refractivity contribution in [2.24, 2.45) is 5.73 Å². The van der Waals surface area contributed by atoms with Crippen molar-refractivity contribution in [3.05, 3.63) is 65.1 Å². The molecule has 3 nitrogen and oxygen atoms in total. The molecule has 0 fully saturated rings. The first kappa shape index (κ1) is 12.2. The summed E-state index contributed by atoms with van der Waals surface area (Å²) in [5.41, 5.74) is 9.06. The van der Waals surface area contributed by atoms with E-state index >= 15 is 0 Å². The summed E-state index contributed by atoms with van der Waals surface area (Å²) in [7, 11) is 0. The minimum atomic E-state index is 0.567. The first-order valence-corrected chi connectivity index (χ1v) is 6.52. The van der Waals surface area contributed by atoms with Gasteiger partial charge in [0.1, 0.15) is 0 Å². The van der Waals surface area contributed by atoms with E-state index in [1.54, 1.807) is 12.4 Å². The van der Waals surface area contributed by atoms with Crippen LogP contribution < -0.4 is 5.73 Å². The second-order valence-corrected chi connectivity index (χ2v) is 4.92. The molecule has 2 aromatic heterocycles. The van der Waals surface area contributed by atoms with Gasteiger partial charge in [-0.2, -0.15) is 0 Å². The summed E-state index contributed by atoms with van der Waals surface area (Å²) >= 11 is 6.15. The largest absolute Gasteiger partial charge is 0.343 e. The molecule has 2 N–H and O–H groups in total. The zero-order valence-electron chi connectivity index (χ0n) is 10.4. The van der Waals surface area contributed by atoms with Crippen molar-refractivity contribution in [2.45, 2.75) is 13.1 Å². The number of hydrogen-bond donors (Lipinski definition) is 1. The number of benzene rings is 1. The first-order valence-electron chi connectivity index (χ1n) is 6.14. The van der Waals surface area contributed by atoms with Gasteiger partial charge in [-0.15, -0.1) is 0 Å². The number of rotatable bonds is 3. The average Bonchev–Trinajstić information content (AvgIpc) is 2.83. The maximum Gasteiger partial charge on any atom is 0.0639 e. The summed E-state index contributed by atoms with van der Waals surface area (Å²) in [6.07, 6.45) is 5.51. The lowest BCUT2D eigenvalue weighted by Crippen LogP contribution is -1.99. The van der Waals surface area contributed by atoms with Gasteiger partial charge in [0.25, 0.3) is 0 Å². The third-order valence-electron chi connectivity index (χ3n) is 3.27. The molecule has 3 rings (SSSR count). The van der Waals surface area contributed by atoms with E-state index in [1.165, 1.54) is 10.9 Å². The fourth-order valence-electron chi connectivity index (χ4n) is 2.23. The molecule has 0 aliphatic heterocycles. The van der Waals surface area contributed by atoms with Crippen LogP contribution in [0.4, 0.5) is 0 Å². The van der Waals surface area contributed by atoms with Crippen LogP contribution in [0.2, 0.25) is 5.02 Å². The van der Waals surface area contributed by atoms with Crippen LogP contribution in [0.1, 0.15) is 11.1 Å². The molecule has 2 heterocycles. The minimum absolute atomic E-state index is 0.567. The highest BCUT2D eigenvalue weighted by atomic mass is 35.5. The normalized spacial score (nSPS) is 11.1. The Labute approximate surface area is 116 Å². The summed E-state index contributed by atoms with van der Waals surface area (Å²) in [4.78, 5) is 4.00. The van der Waals surface area contributed by atoms with Gasteiger partial charge in [0.2, 0.25) is 0 Å². The SMILES string of the molecule is NCc1ccc2c(ccn2Cc2ccncc2Cl)c1. The van der Waals surface area contributed by atoms with Gasteiger partial charge in [-0.1, -0.05) is 17.7 Å². The van der Waals surface area contributed by atoms with Crippen LogP contribution in [0.25, 0.3) is 10.9 Å². The average molecular weight is 272 g/mol. The second-order valence-electron chi connectivity index (χ2n) is 4.51. The molecule has 19 heavy (non-hydrogen) atoms. The van der Waals surface area contributed by atoms with E-state index in [1.807, 2.05) is 6.07 Å². The van der Waals surface area contributed by atoms with E-state index in [4.69, 9.17) is 17.3 Å². The fourth-order valence-corrected chi connectivity index (χ4v) is 2.41. The molecule has 0 spiro atoms. The number of halogens is 1. The summed E-state index contributed by atoms with van der Waals surface area (Å²) in [5.74, 6) is 0. The Morgan fingerprint density at radius 2 is 2.11 bits per heavy atom. The Morgan fingerprint density at radius 3 is 2.89 bits per heavy atom. The summed E-state index contributed by atoms with van der Waals surface area (Å²) in [6, 6.07) is 10.3. The van der Waals surface area contributed by atoms with Gasteiger partial charge in [0.15, 0.2) is 0 Å². The number of fused-ring (bicyclic) bond motifs is 1. The van der Waals surface area contributed by atoms with Crippen molar-refractivity contribution in [1.29, 1.82) is 0 Å². The molecule has 0 radical (unpaired) electrons. The predicted molar refractivity (Wildman–Crippen MR) is 78.2 cm³/mol. The van der Waals surface area contributed by atoms with Crippen molar-refractivity contribution in [1.82, 2.24) is 9.55 Å². The van der Waals surface area contributed by atoms with E-state index < -0.39 is 0 Å². The lowest BCUT2D eigenvalue weighted by molar-refractivity contribution is 0.834. The quantitative estimate of drug-likeness (QED) is 0.795. The molecule has 1 aromatic carbocycles. The number of nitrogens with zero attached hydrogens (tertiary/aromatic N) is 2. The van der Waals surface area contributed by atoms with Crippen molar-refractivity contribution in [3.8, 4) is 0 Å². The number of aromatic nitrogens is 2. The standard InChI is InChI=1S/C15H14ClN3/c16-14-9-18-5-3-13(14)10-19-6-4-12-7-11(8-17)1-2-15(12)19/h1-7,9H,8,10,17H2. The van der Waals surface area contributed by atoms with Gasteiger partial charge in [0.05, 0.1) is 5.02 Å². The van der Waals surface area contributed by atoms with E-state index in [9.17, 15) is 0 Å². The van der Waals surface area contributed by atoms with Crippen LogP contribution in [0.5, 0.6) is 0 Å². The van der Waals surface area contributed by atoms with E-state index in [0.717, 1.165) is 17.7 Å².